The van der Waals surface area contributed by atoms with Gasteiger partial charge in [-0.15, -0.1) is 0 Å². The van der Waals surface area contributed by atoms with Gasteiger partial charge in [0.15, 0.2) is 0 Å². The molecule has 1 aromatic heterocycles. The minimum atomic E-state index is 0.0134. The normalized spacial score (nSPS) is 13.0. The molecule has 0 fully saturated rings. The summed E-state index contributed by atoms with van der Waals surface area (Å²) in [6, 6.07) is 5.50. The van der Waals surface area contributed by atoms with Crippen LogP contribution in [0.1, 0.15) is 33.3 Å². The quantitative estimate of drug-likeness (QED) is 0.744. The first kappa shape index (κ1) is 11.5. The zero-order valence-corrected chi connectivity index (χ0v) is 9.61. The van der Waals surface area contributed by atoms with Crippen molar-refractivity contribution >= 4 is 0 Å². The number of rotatable bonds is 2. The molecule has 0 bridgehead atoms. The lowest BCUT2D eigenvalue weighted by Gasteiger charge is -2.27. The first-order chi connectivity index (χ1) is 6.95. The van der Waals surface area contributed by atoms with E-state index in [4.69, 9.17) is 10.00 Å². The third-order valence-corrected chi connectivity index (χ3v) is 2.40. The summed E-state index contributed by atoms with van der Waals surface area (Å²) in [6.45, 7) is 8.25. The molecule has 1 atom stereocenters. The minimum Gasteiger partial charge on any atom is -0.473 e. The van der Waals surface area contributed by atoms with Crippen LogP contribution in [0, 0.1) is 16.7 Å². The molecule has 1 rings (SSSR count). The van der Waals surface area contributed by atoms with Crippen LogP contribution in [-0.4, -0.2) is 11.1 Å². The van der Waals surface area contributed by atoms with Crippen LogP contribution >= 0.6 is 0 Å². The zero-order chi connectivity index (χ0) is 11.5. The highest BCUT2D eigenvalue weighted by molar-refractivity contribution is 5.37. The topological polar surface area (TPSA) is 45.9 Å². The third kappa shape index (κ3) is 2.95. The largest absolute Gasteiger partial charge is 0.473 e. The molecule has 0 N–H and O–H groups in total. The zero-order valence-electron chi connectivity index (χ0n) is 9.61. The number of pyridine rings is 1. The average molecular weight is 204 g/mol. The second-order valence-electron chi connectivity index (χ2n) is 4.59. The molecule has 1 aromatic rings. The molecule has 0 radical (unpaired) electrons. The molecular formula is C12H16N2O. The molecule has 0 aliphatic heterocycles. The lowest BCUT2D eigenvalue weighted by Crippen LogP contribution is -2.29. The third-order valence-electron chi connectivity index (χ3n) is 2.40. The Bertz CT molecular complexity index is 374. The van der Waals surface area contributed by atoms with Crippen LogP contribution in [0.3, 0.4) is 0 Å². The predicted molar refractivity (Wildman–Crippen MR) is 58.5 cm³/mol. The van der Waals surface area contributed by atoms with Gasteiger partial charge in [0.05, 0.1) is 0 Å². The number of aromatic nitrogens is 1. The van der Waals surface area contributed by atoms with Gasteiger partial charge in [-0.25, -0.2) is 4.98 Å². The van der Waals surface area contributed by atoms with Gasteiger partial charge in [0.25, 0.3) is 0 Å². The first-order valence-electron chi connectivity index (χ1n) is 4.97. The summed E-state index contributed by atoms with van der Waals surface area (Å²) in [7, 11) is 0. The van der Waals surface area contributed by atoms with Gasteiger partial charge >= 0.3 is 0 Å². The van der Waals surface area contributed by atoms with E-state index < -0.39 is 0 Å². The molecule has 0 saturated heterocycles. The van der Waals surface area contributed by atoms with Gasteiger partial charge in [-0.2, -0.15) is 5.26 Å². The summed E-state index contributed by atoms with van der Waals surface area (Å²) >= 11 is 0. The van der Waals surface area contributed by atoms with Crippen molar-refractivity contribution in [2.45, 2.75) is 33.8 Å². The summed E-state index contributed by atoms with van der Waals surface area (Å²) in [5.74, 6) is 0.419. The molecule has 0 aliphatic rings. The van der Waals surface area contributed by atoms with Gasteiger partial charge in [-0.3, -0.25) is 0 Å². The maximum atomic E-state index is 8.86. The average Bonchev–Trinajstić information content (AvgIpc) is 2.17. The van der Waals surface area contributed by atoms with Crippen molar-refractivity contribution in [3.8, 4) is 11.9 Å². The highest BCUT2D eigenvalue weighted by Crippen LogP contribution is 2.24. The second-order valence-corrected chi connectivity index (χ2v) is 4.59. The highest BCUT2D eigenvalue weighted by Gasteiger charge is 2.22. The molecule has 1 unspecified atom stereocenters. The van der Waals surface area contributed by atoms with Crippen LogP contribution in [0.25, 0.3) is 0 Å². The van der Waals surface area contributed by atoms with Gasteiger partial charge in [0.2, 0.25) is 5.88 Å². The molecule has 0 amide bonds. The van der Waals surface area contributed by atoms with Crippen LogP contribution in [0.4, 0.5) is 0 Å². The molecule has 3 heteroatoms. The Morgan fingerprint density at radius 2 is 2.13 bits per heavy atom. The Hall–Kier alpha value is -1.56. The Labute approximate surface area is 90.7 Å². The van der Waals surface area contributed by atoms with Crippen LogP contribution in [0.5, 0.6) is 5.88 Å². The molecule has 0 spiro atoms. The van der Waals surface area contributed by atoms with Gasteiger partial charge in [-0.05, 0) is 24.5 Å². The lowest BCUT2D eigenvalue weighted by atomic mass is 9.90. The molecule has 0 aliphatic carbocycles. The van der Waals surface area contributed by atoms with Crippen molar-refractivity contribution in [3.63, 3.8) is 0 Å². The molecule has 15 heavy (non-hydrogen) atoms. The summed E-state index contributed by atoms with van der Waals surface area (Å²) in [6.07, 6.45) is 1.64. The fourth-order valence-electron chi connectivity index (χ4n) is 0.914. The molecule has 80 valence electrons. The first-order valence-corrected chi connectivity index (χ1v) is 4.97. The Morgan fingerprint density at radius 3 is 2.67 bits per heavy atom. The molecule has 3 nitrogen and oxygen atoms in total. The maximum Gasteiger partial charge on any atom is 0.231 e. The van der Waals surface area contributed by atoms with E-state index in [1.54, 1.807) is 18.3 Å². The van der Waals surface area contributed by atoms with Crippen molar-refractivity contribution in [2.24, 2.45) is 5.41 Å². The van der Waals surface area contributed by atoms with E-state index in [9.17, 15) is 0 Å². The van der Waals surface area contributed by atoms with E-state index in [1.807, 2.05) is 6.92 Å². The fourth-order valence-corrected chi connectivity index (χ4v) is 0.914. The van der Waals surface area contributed by atoms with Crippen LogP contribution in [0.15, 0.2) is 18.3 Å². The van der Waals surface area contributed by atoms with Crippen molar-refractivity contribution in [2.75, 3.05) is 0 Å². The predicted octanol–water partition coefficient (Wildman–Crippen LogP) is 2.77. The second kappa shape index (κ2) is 4.31. The Kier molecular flexibility index (Phi) is 3.31. The number of hydrogen-bond donors (Lipinski definition) is 0. The van der Waals surface area contributed by atoms with E-state index in [-0.39, 0.29) is 11.5 Å². The molecule has 0 saturated carbocycles. The Morgan fingerprint density at radius 1 is 1.47 bits per heavy atom. The van der Waals surface area contributed by atoms with Crippen LogP contribution in [-0.2, 0) is 0 Å². The van der Waals surface area contributed by atoms with Crippen molar-refractivity contribution in [3.05, 3.63) is 23.9 Å². The van der Waals surface area contributed by atoms with Gasteiger partial charge in [0.1, 0.15) is 17.7 Å². The van der Waals surface area contributed by atoms with E-state index in [0.29, 0.717) is 11.4 Å². The van der Waals surface area contributed by atoms with Crippen LogP contribution in [0.2, 0.25) is 0 Å². The minimum absolute atomic E-state index is 0.0134. The molecular weight excluding hydrogens is 188 g/mol. The van der Waals surface area contributed by atoms with Gasteiger partial charge in [-0.1, -0.05) is 20.8 Å². The van der Waals surface area contributed by atoms with Crippen LogP contribution < -0.4 is 4.74 Å². The Balaban J connectivity index is 2.86. The van der Waals surface area contributed by atoms with Gasteiger partial charge < -0.3 is 4.74 Å². The van der Waals surface area contributed by atoms with E-state index in [1.165, 1.54) is 0 Å². The number of hydrogen-bond acceptors (Lipinski definition) is 3. The number of nitriles is 1. The van der Waals surface area contributed by atoms with E-state index in [0.717, 1.165) is 0 Å². The maximum absolute atomic E-state index is 8.86. The van der Waals surface area contributed by atoms with Crippen molar-refractivity contribution in [1.29, 1.82) is 5.26 Å². The SMILES string of the molecule is CC(Oc1ncccc1C#N)C(C)(C)C. The molecule has 1 heterocycles. The monoisotopic (exact) mass is 204 g/mol. The van der Waals surface area contributed by atoms with E-state index >= 15 is 0 Å². The van der Waals surface area contributed by atoms with Gasteiger partial charge in [0, 0.05) is 6.20 Å². The highest BCUT2D eigenvalue weighted by atomic mass is 16.5. The number of ether oxygens (including phenoxy) is 1. The summed E-state index contributed by atoms with van der Waals surface area (Å²) < 4.78 is 5.67. The summed E-state index contributed by atoms with van der Waals surface area (Å²) in [5.41, 5.74) is 0.512. The molecule has 0 aromatic carbocycles. The van der Waals surface area contributed by atoms with E-state index in [2.05, 4.69) is 31.8 Å². The van der Waals surface area contributed by atoms with Crippen molar-refractivity contribution < 1.29 is 4.74 Å². The number of nitrogens with zero attached hydrogens (tertiary/aromatic N) is 2. The summed E-state index contributed by atoms with van der Waals surface area (Å²) in [4.78, 5) is 4.06. The van der Waals surface area contributed by atoms with Crippen molar-refractivity contribution in [1.82, 2.24) is 4.98 Å². The lowest BCUT2D eigenvalue weighted by molar-refractivity contribution is 0.0982. The fraction of sp³-hybridized carbons (Fsp3) is 0.500. The smallest absolute Gasteiger partial charge is 0.231 e. The summed E-state index contributed by atoms with van der Waals surface area (Å²) in [5, 5.41) is 8.86. The standard InChI is InChI=1S/C12H16N2O/c1-9(12(2,3)4)15-11-10(8-13)6-5-7-14-11/h5-7,9H,1-4H3.